The molecule has 3 rings (SSSR count). The highest BCUT2D eigenvalue weighted by Crippen LogP contribution is 2.38. The third-order valence-electron chi connectivity index (χ3n) is 4.28. The molecule has 0 N–H and O–H groups in total. The first kappa shape index (κ1) is 20.1. The predicted molar refractivity (Wildman–Crippen MR) is 101 cm³/mol. The molecule has 0 aliphatic rings. The van der Waals surface area contributed by atoms with Crippen LogP contribution in [0.15, 0.2) is 54.7 Å². The number of nitrogens with zero attached hydrogens (tertiary/aromatic N) is 5. The summed E-state index contributed by atoms with van der Waals surface area (Å²) in [6.45, 7) is 0. The van der Waals surface area contributed by atoms with Gasteiger partial charge in [0.1, 0.15) is 11.4 Å². The van der Waals surface area contributed by atoms with Crippen molar-refractivity contribution in [3.8, 4) is 6.07 Å². The van der Waals surface area contributed by atoms with E-state index in [1.807, 2.05) is 6.07 Å². The van der Waals surface area contributed by atoms with Gasteiger partial charge in [-0.05, 0) is 48.5 Å². The Bertz CT molecular complexity index is 1040. The maximum absolute atomic E-state index is 13.5. The van der Waals surface area contributed by atoms with Crippen molar-refractivity contribution >= 4 is 23.1 Å². The van der Waals surface area contributed by atoms with E-state index < -0.39 is 17.6 Å². The van der Waals surface area contributed by atoms with E-state index in [-0.39, 0.29) is 11.8 Å². The van der Waals surface area contributed by atoms with Gasteiger partial charge < -0.3 is 9.80 Å². The van der Waals surface area contributed by atoms with Crippen molar-refractivity contribution in [3.05, 3.63) is 71.7 Å². The van der Waals surface area contributed by atoms with Crippen molar-refractivity contribution in [2.45, 2.75) is 6.18 Å². The van der Waals surface area contributed by atoms with E-state index in [1.54, 1.807) is 31.3 Å². The summed E-state index contributed by atoms with van der Waals surface area (Å²) in [5, 5.41) is 8.89. The molecule has 0 unspecified atom stereocenters. The quantitative estimate of drug-likeness (QED) is 0.573. The van der Waals surface area contributed by atoms with Gasteiger partial charge in [0.05, 0.1) is 11.6 Å². The zero-order valence-electron chi connectivity index (χ0n) is 15.4. The molecular formula is C20H15F4N5. The standard InChI is InChI=1S/C20H15F4N5/c1-28(15-9-5-14(21)6-10-15)18-17(20(22,23)24)12-26-19(27-18)29(2)16-7-3-13(11-25)4-8-16/h3-10,12H,1-2H3. The third-order valence-corrected chi connectivity index (χ3v) is 4.28. The maximum atomic E-state index is 13.5. The van der Waals surface area contributed by atoms with Crippen molar-refractivity contribution in [3.63, 3.8) is 0 Å². The van der Waals surface area contributed by atoms with E-state index in [9.17, 15) is 17.6 Å². The van der Waals surface area contributed by atoms with E-state index in [2.05, 4.69) is 9.97 Å². The summed E-state index contributed by atoms with van der Waals surface area (Å²) in [5.74, 6) is -0.830. The number of anilines is 4. The first-order chi connectivity index (χ1) is 13.7. The highest BCUT2D eigenvalue weighted by Gasteiger charge is 2.37. The molecule has 2 aromatic carbocycles. The van der Waals surface area contributed by atoms with Crippen LogP contribution in [0.2, 0.25) is 0 Å². The first-order valence-corrected chi connectivity index (χ1v) is 8.38. The molecule has 29 heavy (non-hydrogen) atoms. The minimum absolute atomic E-state index is 0.0340. The maximum Gasteiger partial charge on any atom is 0.421 e. The van der Waals surface area contributed by atoms with Gasteiger partial charge in [0.2, 0.25) is 5.95 Å². The molecule has 9 heteroatoms. The highest BCUT2D eigenvalue weighted by atomic mass is 19.4. The Kier molecular flexibility index (Phi) is 5.37. The molecule has 0 aliphatic heterocycles. The summed E-state index contributed by atoms with van der Waals surface area (Å²) in [6.07, 6.45) is -3.95. The van der Waals surface area contributed by atoms with Gasteiger partial charge in [0.15, 0.2) is 5.82 Å². The van der Waals surface area contributed by atoms with Crippen LogP contribution in [0.25, 0.3) is 0 Å². The van der Waals surface area contributed by atoms with E-state index in [4.69, 9.17) is 5.26 Å². The number of benzene rings is 2. The van der Waals surface area contributed by atoms with Crippen LogP contribution in [0.5, 0.6) is 0 Å². The van der Waals surface area contributed by atoms with Crippen molar-refractivity contribution in [1.29, 1.82) is 5.26 Å². The van der Waals surface area contributed by atoms with Gasteiger partial charge in [-0.25, -0.2) is 9.37 Å². The van der Waals surface area contributed by atoms with Gasteiger partial charge in [0.25, 0.3) is 0 Å². The van der Waals surface area contributed by atoms with Gasteiger partial charge in [-0.3, -0.25) is 0 Å². The van der Waals surface area contributed by atoms with Crippen molar-refractivity contribution in [1.82, 2.24) is 9.97 Å². The topological polar surface area (TPSA) is 56.1 Å². The Morgan fingerprint density at radius 1 is 0.897 bits per heavy atom. The van der Waals surface area contributed by atoms with Gasteiger partial charge >= 0.3 is 6.18 Å². The lowest BCUT2D eigenvalue weighted by Crippen LogP contribution is -2.21. The van der Waals surface area contributed by atoms with Gasteiger partial charge in [-0.15, -0.1) is 0 Å². The smallest absolute Gasteiger partial charge is 0.329 e. The predicted octanol–water partition coefficient (Wildman–Crippen LogP) is 5.04. The zero-order valence-corrected chi connectivity index (χ0v) is 15.4. The Morgan fingerprint density at radius 3 is 2.00 bits per heavy atom. The van der Waals surface area contributed by atoms with E-state index >= 15 is 0 Å². The van der Waals surface area contributed by atoms with Crippen LogP contribution in [-0.2, 0) is 6.18 Å². The average molecular weight is 401 g/mol. The number of rotatable bonds is 4. The molecule has 0 spiro atoms. The molecule has 0 saturated carbocycles. The minimum atomic E-state index is -4.67. The molecule has 0 radical (unpaired) electrons. The van der Waals surface area contributed by atoms with Crippen LogP contribution in [0.4, 0.5) is 40.7 Å². The molecule has 0 bridgehead atoms. The number of aromatic nitrogens is 2. The summed E-state index contributed by atoms with van der Waals surface area (Å²) in [5.41, 5.74) is 0.371. The van der Waals surface area contributed by atoms with E-state index in [1.165, 1.54) is 29.0 Å². The summed E-state index contributed by atoms with van der Waals surface area (Å²) in [4.78, 5) is 10.7. The lowest BCUT2D eigenvalue weighted by molar-refractivity contribution is -0.137. The fourth-order valence-electron chi connectivity index (χ4n) is 2.64. The zero-order chi connectivity index (χ0) is 21.2. The number of hydrogen-bond donors (Lipinski definition) is 0. The average Bonchev–Trinajstić information content (AvgIpc) is 2.72. The molecule has 148 valence electrons. The molecule has 0 saturated heterocycles. The first-order valence-electron chi connectivity index (χ1n) is 8.38. The van der Waals surface area contributed by atoms with Gasteiger partial charge in [-0.1, -0.05) is 0 Å². The second-order valence-corrected chi connectivity index (χ2v) is 6.16. The number of halogens is 4. The van der Waals surface area contributed by atoms with E-state index in [0.717, 1.165) is 18.3 Å². The molecule has 1 aromatic heterocycles. The highest BCUT2D eigenvalue weighted by molar-refractivity contribution is 5.65. The van der Waals surface area contributed by atoms with Crippen LogP contribution < -0.4 is 9.80 Å². The van der Waals surface area contributed by atoms with Crippen molar-refractivity contribution in [2.24, 2.45) is 0 Å². The number of alkyl halides is 3. The number of nitriles is 1. The van der Waals surface area contributed by atoms with Crippen LogP contribution in [0, 0.1) is 17.1 Å². The Balaban J connectivity index is 2.05. The fraction of sp³-hybridized carbons (Fsp3) is 0.150. The summed E-state index contributed by atoms with van der Waals surface area (Å²) >= 11 is 0. The summed E-state index contributed by atoms with van der Waals surface area (Å²) < 4.78 is 53.7. The van der Waals surface area contributed by atoms with E-state index in [0.29, 0.717) is 16.9 Å². The van der Waals surface area contributed by atoms with Crippen LogP contribution in [0.3, 0.4) is 0 Å². The fourth-order valence-corrected chi connectivity index (χ4v) is 2.64. The SMILES string of the molecule is CN(c1ccc(C#N)cc1)c1ncc(C(F)(F)F)c(N(C)c2ccc(F)cc2)n1. The third kappa shape index (κ3) is 4.27. The summed E-state index contributed by atoms with van der Waals surface area (Å²) in [6, 6.07) is 13.5. The Morgan fingerprint density at radius 2 is 1.45 bits per heavy atom. The lowest BCUT2D eigenvalue weighted by Gasteiger charge is -2.25. The van der Waals surface area contributed by atoms with Crippen molar-refractivity contribution in [2.75, 3.05) is 23.9 Å². The molecule has 0 aliphatic carbocycles. The van der Waals surface area contributed by atoms with Crippen LogP contribution >= 0.6 is 0 Å². The van der Waals surface area contributed by atoms with Crippen LogP contribution in [-0.4, -0.2) is 24.1 Å². The van der Waals surface area contributed by atoms with Crippen LogP contribution in [0.1, 0.15) is 11.1 Å². The largest absolute Gasteiger partial charge is 0.421 e. The second-order valence-electron chi connectivity index (χ2n) is 6.16. The van der Waals surface area contributed by atoms with Gasteiger partial charge in [-0.2, -0.15) is 23.4 Å². The summed E-state index contributed by atoms with van der Waals surface area (Å²) in [7, 11) is 3.02. The minimum Gasteiger partial charge on any atom is -0.329 e. The molecule has 1 heterocycles. The normalized spacial score (nSPS) is 11.1. The van der Waals surface area contributed by atoms with Gasteiger partial charge in [0, 0.05) is 31.7 Å². The monoisotopic (exact) mass is 401 g/mol. The second kappa shape index (κ2) is 7.75. The molecule has 0 amide bonds. The Labute approximate surface area is 164 Å². The molecule has 5 nitrogen and oxygen atoms in total. The Hall–Kier alpha value is -3.67. The molecular weight excluding hydrogens is 386 g/mol. The molecule has 0 atom stereocenters. The number of hydrogen-bond acceptors (Lipinski definition) is 5. The molecule has 0 fully saturated rings. The van der Waals surface area contributed by atoms with Crippen molar-refractivity contribution < 1.29 is 17.6 Å². The molecule has 3 aromatic rings. The lowest BCUT2D eigenvalue weighted by atomic mass is 10.2.